The van der Waals surface area contributed by atoms with Gasteiger partial charge in [-0.15, -0.1) is 0 Å². The first kappa shape index (κ1) is 11.8. The molecule has 0 fully saturated rings. The Kier molecular flexibility index (Phi) is 4.25. The zero-order valence-corrected chi connectivity index (χ0v) is 10.5. The second-order valence-electron chi connectivity index (χ2n) is 3.05. The van der Waals surface area contributed by atoms with Gasteiger partial charge in [0, 0.05) is 6.10 Å². The predicted octanol–water partition coefficient (Wildman–Crippen LogP) is 3.40. The molecule has 1 aromatic carbocycles. The quantitative estimate of drug-likeness (QED) is 0.603. The minimum Gasteiger partial charge on any atom is -0.499 e. The fourth-order valence-electron chi connectivity index (χ4n) is 0.924. The van der Waals surface area contributed by atoms with Gasteiger partial charge in [0.25, 0.3) is 0 Å². The number of rotatable bonds is 4. The highest BCUT2D eigenvalue weighted by Crippen LogP contribution is 2.23. The lowest BCUT2D eigenvalue weighted by Gasteiger charge is -2.20. The molecular weight excluding hydrogens is 239 g/mol. The molecule has 0 aliphatic carbocycles. The number of hydrogen-bond donors (Lipinski definition) is 0. The van der Waals surface area contributed by atoms with E-state index >= 15 is 0 Å². The minimum atomic E-state index is -3.06. The predicted molar refractivity (Wildman–Crippen MR) is 60.8 cm³/mol. The van der Waals surface area contributed by atoms with E-state index in [1.165, 1.54) is 0 Å². The monoisotopic (exact) mass is 250 g/mol. The van der Waals surface area contributed by atoms with Crippen LogP contribution in [0, 0.1) is 0 Å². The van der Waals surface area contributed by atoms with Gasteiger partial charge >= 0.3 is 7.18 Å². The largest absolute Gasteiger partial charge is 0.616 e. The van der Waals surface area contributed by atoms with E-state index in [4.69, 9.17) is 31.0 Å². The summed E-state index contributed by atoms with van der Waals surface area (Å²) in [6.07, 6.45) is -0.0413. The molecule has 0 aliphatic rings. The van der Waals surface area contributed by atoms with Crippen LogP contribution in [0.2, 0.25) is 0 Å². The summed E-state index contributed by atoms with van der Waals surface area (Å²) in [6.45, 7) is 3.72. The smallest absolute Gasteiger partial charge is 0.499 e. The lowest BCUT2D eigenvalue weighted by Crippen LogP contribution is -2.35. The van der Waals surface area contributed by atoms with Crippen LogP contribution >= 0.6 is 22.2 Å². The maximum absolute atomic E-state index is 5.93. The summed E-state index contributed by atoms with van der Waals surface area (Å²) in [5.41, 5.74) is 0. The maximum Gasteiger partial charge on any atom is 0.616 e. The second kappa shape index (κ2) is 5.03. The van der Waals surface area contributed by atoms with Crippen molar-refractivity contribution in [1.29, 1.82) is 0 Å². The molecule has 0 N–H and O–H groups in total. The Bertz CT molecular complexity index is 277. The number of benzene rings is 1. The van der Waals surface area contributed by atoms with Crippen LogP contribution in [-0.2, 0) is 4.43 Å². The van der Waals surface area contributed by atoms with Gasteiger partial charge in [0.1, 0.15) is 5.75 Å². The molecule has 0 saturated heterocycles. The van der Waals surface area contributed by atoms with Gasteiger partial charge in [-0.1, -0.05) is 40.4 Å². The van der Waals surface area contributed by atoms with Gasteiger partial charge in [0.15, 0.2) is 0 Å². The van der Waals surface area contributed by atoms with Crippen LogP contribution < -0.4 is 4.43 Å². The fraction of sp³-hybridized carbons (Fsp3) is 0.333. The summed E-state index contributed by atoms with van der Waals surface area (Å²) in [5.74, 6) is 0.629. The van der Waals surface area contributed by atoms with Crippen molar-refractivity contribution in [2.45, 2.75) is 20.0 Å². The molecule has 0 amide bonds. The lowest BCUT2D eigenvalue weighted by molar-refractivity contribution is 0.209. The molecule has 2 nitrogen and oxygen atoms in total. The van der Waals surface area contributed by atoms with Gasteiger partial charge < -0.3 is 8.85 Å². The Balaban J connectivity index is 2.59. The second-order valence-corrected chi connectivity index (χ2v) is 7.98. The highest BCUT2D eigenvalue weighted by Gasteiger charge is 2.37. The Morgan fingerprint density at radius 3 is 2.21 bits per heavy atom. The van der Waals surface area contributed by atoms with E-state index in [1.54, 1.807) is 12.1 Å². The Hall–Kier alpha value is -0.223. The molecule has 1 rings (SSSR count). The molecule has 1 aromatic rings. The molecule has 78 valence electrons. The van der Waals surface area contributed by atoms with Gasteiger partial charge in [0.05, 0.1) is 0 Å². The standard InChI is InChI=1S/C9H12Cl2O2Si/c1-8(2)12-14(10,11)13-9-6-4-3-5-7-9/h3-8H,1-2H3. The van der Waals surface area contributed by atoms with Crippen molar-refractivity contribution in [3.8, 4) is 5.75 Å². The highest BCUT2D eigenvalue weighted by atomic mass is 35.7. The van der Waals surface area contributed by atoms with Crippen molar-refractivity contribution in [3.63, 3.8) is 0 Å². The normalized spacial score (nSPS) is 11.8. The van der Waals surface area contributed by atoms with Crippen LogP contribution in [0.5, 0.6) is 5.75 Å². The van der Waals surface area contributed by atoms with E-state index in [1.807, 2.05) is 32.0 Å². The summed E-state index contributed by atoms with van der Waals surface area (Å²) in [4.78, 5) is 0. The van der Waals surface area contributed by atoms with E-state index in [2.05, 4.69) is 0 Å². The van der Waals surface area contributed by atoms with Gasteiger partial charge in [-0.2, -0.15) is 0 Å². The molecule has 14 heavy (non-hydrogen) atoms. The van der Waals surface area contributed by atoms with Gasteiger partial charge in [-0.25, -0.2) is 0 Å². The maximum atomic E-state index is 5.93. The molecule has 0 aromatic heterocycles. The molecule has 0 saturated carbocycles. The zero-order chi connectivity index (χ0) is 10.6. The van der Waals surface area contributed by atoms with E-state index in [-0.39, 0.29) is 6.10 Å². The first-order valence-electron chi connectivity index (χ1n) is 4.29. The first-order valence-corrected chi connectivity index (χ1v) is 8.13. The molecule has 5 heteroatoms. The third kappa shape index (κ3) is 4.33. The summed E-state index contributed by atoms with van der Waals surface area (Å²) >= 11 is 11.9. The summed E-state index contributed by atoms with van der Waals surface area (Å²) in [6, 6.07) is 9.17. The van der Waals surface area contributed by atoms with E-state index in [0.717, 1.165) is 0 Å². The van der Waals surface area contributed by atoms with Crippen LogP contribution in [0.3, 0.4) is 0 Å². The van der Waals surface area contributed by atoms with Crippen molar-refractivity contribution in [1.82, 2.24) is 0 Å². The molecule has 0 atom stereocenters. The van der Waals surface area contributed by atoms with E-state index < -0.39 is 7.18 Å². The first-order chi connectivity index (χ1) is 6.49. The van der Waals surface area contributed by atoms with E-state index in [0.29, 0.717) is 5.75 Å². The van der Waals surface area contributed by atoms with Crippen LogP contribution in [0.4, 0.5) is 0 Å². The number of halogens is 2. The van der Waals surface area contributed by atoms with Crippen molar-refractivity contribution in [3.05, 3.63) is 30.3 Å². The van der Waals surface area contributed by atoms with Crippen LogP contribution in [0.1, 0.15) is 13.8 Å². The van der Waals surface area contributed by atoms with Crippen LogP contribution in [0.25, 0.3) is 0 Å². The third-order valence-corrected chi connectivity index (χ3v) is 3.57. The Morgan fingerprint density at radius 2 is 1.71 bits per heavy atom. The SMILES string of the molecule is CC(C)O[Si](Cl)(Cl)Oc1ccccc1. The highest BCUT2D eigenvalue weighted by molar-refractivity contribution is 7.39. The molecule has 0 heterocycles. The molecule has 0 unspecified atom stereocenters. The topological polar surface area (TPSA) is 18.5 Å². The minimum absolute atomic E-state index is 0.0413. The van der Waals surface area contributed by atoms with Gasteiger partial charge in [-0.05, 0) is 26.0 Å². The van der Waals surface area contributed by atoms with Gasteiger partial charge in [0.2, 0.25) is 0 Å². The molecule has 0 bridgehead atoms. The molecular formula is C9H12Cl2O2Si. The van der Waals surface area contributed by atoms with Crippen molar-refractivity contribution in [2.24, 2.45) is 0 Å². The summed E-state index contributed by atoms with van der Waals surface area (Å²) in [5, 5.41) is 0. The van der Waals surface area contributed by atoms with Crippen molar-refractivity contribution >= 4 is 29.3 Å². The van der Waals surface area contributed by atoms with Crippen molar-refractivity contribution < 1.29 is 8.85 Å². The average Bonchev–Trinajstić information content (AvgIpc) is 2.02. The number of para-hydroxylation sites is 1. The van der Waals surface area contributed by atoms with E-state index in [9.17, 15) is 0 Å². The average molecular weight is 251 g/mol. The van der Waals surface area contributed by atoms with Crippen LogP contribution in [0.15, 0.2) is 30.3 Å². The Labute approximate surface area is 94.4 Å². The van der Waals surface area contributed by atoms with Crippen molar-refractivity contribution in [2.75, 3.05) is 0 Å². The molecule has 0 spiro atoms. The fourth-order valence-corrected chi connectivity index (χ4v) is 3.54. The molecule has 0 radical (unpaired) electrons. The summed E-state index contributed by atoms with van der Waals surface area (Å²) < 4.78 is 10.6. The number of hydrogen-bond acceptors (Lipinski definition) is 2. The molecule has 0 aliphatic heterocycles. The lowest BCUT2D eigenvalue weighted by atomic mass is 10.3. The summed E-state index contributed by atoms with van der Waals surface area (Å²) in [7, 11) is -3.06. The Morgan fingerprint density at radius 1 is 1.14 bits per heavy atom. The third-order valence-electron chi connectivity index (χ3n) is 1.35. The van der Waals surface area contributed by atoms with Gasteiger partial charge in [-0.3, -0.25) is 0 Å². The zero-order valence-electron chi connectivity index (χ0n) is 8.04. The van der Waals surface area contributed by atoms with Crippen LogP contribution in [-0.4, -0.2) is 13.3 Å².